The van der Waals surface area contributed by atoms with Crippen LogP contribution in [0.15, 0.2) is 33.5 Å². The van der Waals surface area contributed by atoms with Gasteiger partial charge in [-0.25, -0.2) is 9.18 Å². The molecule has 1 aliphatic carbocycles. The van der Waals surface area contributed by atoms with Crippen LogP contribution < -0.4 is 5.76 Å². The van der Waals surface area contributed by atoms with Crippen molar-refractivity contribution < 1.29 is 8.81 Å². The Hall–Kier alpha value is -1.95. The highest BCUT2D eigenvalue weighted by atomic mass is 19.1. The van der Waals surface area contributed by atoms with Gasteiger partial charge in [0.05, 0.1) is 0 Å². The Labute approximate surface area is 140 Å². The molecule has 2 heterocycles. The molecule has 1 aromatic carbocycles. The van der Waals surface area contributed by atoms with Gasteiger partial charge in [0.25, 0.3) is 0 Å². The summed E-state index contributed by atoms with van der Waals surface area (Å²) in [6.07, 6.45) is 7.59. The molecule has 0 spiro atoms. The molecule has 24 heavy (non-hydrogen) atoms. The molecule has 1 aromatic heterocycles. The first kappa shape index (κ1) is 15.6. The fraction of sp³-hybridized carbons (Fsp3) is 0.556. The van der Waals surface area contributed by atoms with Crippen molar-refractivity contribution in [3.8, 4) is 11.5 Å². The van der Waals surface area contributed by atoms with E-state index in [0.717, 1.165) is 12.5 Å². The van der Waals surface area contributed by atoms with Crippen molar-refractivity contribution in [2.45, 2.75) is 51.2 Å². The molecule has 0 amide bonds. The zero-order valence-corrected chi connectivity index (χ0v) is 13.7. The van der Waals surface area contributed by atoms with Crippen LogP contribution in [0.1, 0.15) is 38.5 Å². The van der Waals surface area contributed by atoms with Crippen LogP contribution in [0.25, 0.3) is 11.5 Å². The Morgan fingerprint density at radius 2 is 1.88 bits per heavy atom. The number of rotatable bonds is 3. The largest absolute Gasteiger partial charge is 0.438 e. The molecule has 0 N–H and O–H groups in total. The lowest BCUT2D eigenvalue weighted by Crippen LogP contribution is -2.48. The molecular weight excluding hydrogens is 309 g/mol. The molecule has 1 saturated carbocycles. The molecule has 0 bridgehead atoms. The predicted molar refractivity (Wildman–Crippen MR) is 87.8 cm³/mol. The van der Waals surface area contributed by atoms with Crippen molar-refractivity contribution >= 4 is 0 Å². The van der Waals surface area contributed by atoms with E-state index in [1.165, 1.54) is 55.3 Å². The van der Waals surface area contributed by atoms with E-state index in [2.05, 4.69) is 10.00 Å². The highest BCUT2D eigenvalue weighted by Crippen LogP contribution is 2.35. The minimum absolute atomic E-state index is 0.247. The van der Waals surface area contributed by atoms with Gasteiger partial charge in [-0.1, -0.05) is 12.8 Å². The molecule has 2 aromatic rings. The summed E-state index contributed by atoms with van der Waals surface area (Å²) in [4.78, 5) is 14.5. The number of benzene rings is 1. The third kappa shape index (κ3) is 3.02. The minimum Gasteiger partial charge on any atom is -0.388 e. The van der Waals surface area contributed by atoms with Crippen LogP contribution >= 0.6 is 0 Å². The molecule has 1 saturated heterocycles. The first-order chi connectivity index (χ1) is 11.7. The topological polar surface area (TPSA) is 51.3 Å². The van der Waals surface area contributed by atoms with Crippen LogP contribution in [0.5, 0.6) is 0 Å². The van der Waals surface area contributed by atoms with Crippen molar-refractivity contribution in [3.05, 3.63) is 40.6 Å². The molecule has 2 fully saturated rings. The maximum Gasteiger partial charge on any atom is 0.438 e. The van der Waals surface area contributed by atoms with Gasteiger partial charge >= 0.3 is 5.76 Å². The second kappa shape index (κ2) is 6.51. The second-order valence-corrected chi connectivity index (χ2v) is 6.89. The first-order valence-corrected chi connectivity index (χ1v) is 8.78. The van der Waals surface area contributed by atoms with E-state index < -0.39 is 5.76 Å². The molecule has 2 aliphatic rings. The number of nitrogens with zero attached hydrogens (tertiary/aromatic N) is 3. The number of halogens is 1. The predicted octanol–water partition coefficient (Wildman–Crippen LogP) is 3.25. The smallest absolute Gasteiger partial charge is 0.388 e. The minimum atomic E-state index is -0.452. The molecule has 6 heteroatoms. The third-order valence-electron chi connectivity index (χ3n) is 5.37. The van der Waals surface area contributed by atoms with E-state index in [-0.39, 0.29) is 11.7 Å². The number of piperidine rings is 1. The number of likely N-dealkylation sites (tertiary alicyclic amines) is 1. The van der Waals surface area contributed by atoms with Crippen molar-refractivity contribution in [1.29, 1.82) is 0 Å². The van der Waals surface area contributed by atoms with Gasteiger partial charge in [-0.2, -0.15) is 4.68 Å². The molecule has 4 rings (SSSR count). The van der Waals surface area contributed by atoms with Crippen LogP contribution in [0, 0.1) is 11.7 Å². The van der Waals surface area contributed by atoms with E-state index in [1.54, 1.807) is 12.1 Å². The van der Waals surface area contributed by atoms with Crippen LogP contribution in [-0.4, -0.2) is 27.3 Å². The summed E-state index contributed by atoms with van der Waals surface area (Å²) in [7, 11) is 0. The average Bonchev–Trinajstić information content (AvgIpc) is 2.97. The lowest BCUT2D eigenvalue weighted by molar-refractivity contribution is 0.0311. The maximum absolute atomic E-state index is 13.0. The molecule has 2 unspecified atom stereocenters. The van der Waals surface area contributed by atoms with Gasteiger partial charge in [-0.05, 0) is 55.9 Å². The number of hydrogen-bond acceptors (Lipinski definition) is 4. The monoisotopic (exact) mass is 331 g/mol. The summed E-state index contributed by atoms with van der Waals surface area (Å²) in [5.74, 6) is 0.230. The van der Waals surface area contributed by atoms with E-state index in [0.29, 0.717) is 18.3 Å². The second-order valence-electron chi connectivity index (χ2n) is 6.89. The zero-order chi connectivity index (χ0) is 16.5. The first-order valence-electron chi connectivity index (χ1n) is 8.78. The Kier molecular flexibility index (Phi) is 4.22. The van der Waals surface area contributed by atoms with Gasteiger partial charge in [0.2, 0.25) is 5.89 Å². The third-order valence-corrected chi connectivity index (χ3v) is 5.37. The van der Waals surface area contributed by atoms with Crippen LogP contribution in [0.3, 0.4) is 0 Å². The quantitative estimate of drug-likeness (QED) is 0.866. The summed E-state index contributed by atoms with van der Waals surface area (Å²) in [5, 5.41) is 4.31. The summed E-state index contributed by atoms with van der Waals surface area (Å²) >= 11 is 0. The Bertz CT molecular complexity index is 750. The Morgan fingerprint density at radius 3 is 2.71 bits per heavy atom. The lowest BCUT2D eigenvalue weighted by Gasteiger charge is -2.43. The van der Waals surface area contributed by atoms with Crippen molar-refractivity contribution in [2.75, 3.05) is 6.54 Å². The van der Waals surface area contributed by atoms with Crippen molar-refractivity contribution in [1.82, 2.24) is 14.7 Å². The van der Waals surface area contributed by atoms with E-state index in [4.69, 9.17) is 4.42 Å². The van der Waals surface area contributed by atoms with E-state index >= 15 is 0 Å². The SMILES string of the molecule is O=c1oc(-c2ccc(F)cc2)nn1CN1CCCC2CCCCC21. The van der Waals surface area contributed by atoms with Gasteiger partial charge in [0.1, 0.15) is 12.5 Å². The highest BCUT2D eigenvalue weighted by molar-refractivity contribution is 5.51. The molecule has 2 atom stereocenters. The fourth-order valence-electron chi connectivity index (χ4n) is 4.18. The number of hydrogen-bond donors (Lipinski definition) is 0. The van der Waals surface area contributed by atoms with Gasteiger partial charge in [-0.15, -0.1) is 5.10 Å². The van der Waals surface area contributed by atoms with E-state index in [9.17, 15) is 9.18 Å². The summed E-state index contributed by atoms with van der Waals surface area (Å²) in [6.45, 7) is 1.48. The zero-order valence-electron chi connectivity index (χ0n) is 13.7. The average molecular weight is 331 g/mol. The molecule has 128 valence electrons. The Morgan fingerprint density at radius 1 is 1.12 bits per heavy atom. The van der Waals surface area contributed by atoms with Gasteiger partial charge in [-0.3, -0.25) is 4.90 Å². The Balaban J connectivity index is 1.54. The van der Waals surface area contributed by atoms with E-state index in [1.807, 2.05) is 0 Å². The summed E-state index contributed by atoms with van der Waals surface area (Å²) in [6, 6.07) is 6.38. The molecule has 1 aliphatic heterocycles. The lowest BCUT2D eigenvalue weighted by atomic mass is 9.78. The normalized spacial score (nSPS) is 24.7. The number of fused-ring (bicyclic) bond motifs is 1. The molecule has 0 radical (unpaired) electrons. The molecule has 5 nitrogen and oxygen atoms in total. The number of aromatic nitrogens is 2. The van der Waals surface area contributed by atoms with Gasteiger partial charge in [0, 0.05) is 18.2 Å². The van der Waals surface area contributed by atoms with Crippen LogP contribution in [0.2, 0.25) is 0 Å². The van der Waals surface area contributed by atoms with Gasteiger partial charge < -0.3 is 4.42 Å². The highest BCUT2D eigenvalue weighted by Gasteiger charge is 2.33. The van der Waals surface area contributed by atoms with Crippen molar-refractivity contribution in [2.24, 2.45) is 5.92 Å². The fourth-order valence-corrected chi connectivity index (χ4v) is 4.18. The molecular formula is C18H22FN3O2. The van der Waals surface area contributed by atoms with Crippen molar-refractivity contribution in [3.63, 3.8) is 0 Å². The van der Waals surface area contributed by atoms with Crippen LogP contribution in [-0.2, 0) is 6.67 Å². The maximum atomic E-state index is 13.0. The van der Waals surface area contributed by atoms with Gasteiger partial charge in [0.15, 0.2) is 0 Å². The standard InChI is InChI=1S/C18H22FN3O2/c19-15-9-7-14(8-10-15)17-20-22(18(23)24-17)12-21-11-3-5-13-4-1-2-6-16(13)21/h7-10,13,16H,1-6,11-12H2. The summed E-state index contributed by atoms with van der Waals surface area (Å²) in [5.41, 5.74) is 0.612. The van der Waals surface area contributed by atoms with Crippen LogP contribution in [0.4, 0.5) is 4.39 Å². The summed E-state index contributed by atoms with van der Waals surface area (Å²) < 4.78 is 19.7.